The largest absolute Gasteiger partial charge is 1.00 e. The summed E-state index contributed by atoms with van der Waals surface area (Å²) in [4.78, 5) is 12.9. The summed E-state index contributed by atoms with van der Waals surface area (Å²) < 4.78 is 12.8. The van der Waals surface area contributed by atoms with Crippen molar-refractivity contribution in [2.75, 3.05) is 5.73 Å². The molecule has 0 radical (unpaired) electrons. The maximum absolute atomic E-state index is 12.9. The summed E-state index contributed by atoms with van der Waals surface area (Å²) in [6, 6.07) is 8.04. The summed E-state index contributed by atoms with van der Waals surface area (Å²) in [7, 11) is 0. The number of esters is 1. The minimum atomic E-state index is -1.44. The fourth-order valence-electron chi connectivity index (χ4n) is 3.82. The minimum Gasteiger partial charge on any atom is -0.871 e. The van der Waals surface area contributed by atoms with Gasteiger partial charge in [-0.2, -0.15) is 0 Å². The van der Waals surface area contributed by atoms with Crippen molar-refractivity contribution in [1.82, 2.24) is 0 Å². The molecule has 5 rings (SSSR count). The Morgan fingerprint density at radius 3 is 1.81 bits per heavy atom. The SMILES string of the molecule is Nc1ccc2c(c1)C(=O)OC21c2cc(Br)c([O-])c(Br)c2Oc2c1cc(Br)c([O-])c2Br.[Na+].[Na+]. The van der Waals surface area contributed by atoms with Crippen LogP contribution in [0.15, 0.2) is 48.2 Å². The summed E-state index contributed by atoms with van der Waals surface area (Å²) in [5.41, 5.74) is 6.55. The number of anilines is 1. The number of hydrogen-bond acceptors (Lipinski definition) is 6. The fraction of sp³-hybridized carbons (Fsp3) is 0.0500. The van der Waals surface area contributed by atoms with Crippen molar-refractivity contribution in [2.24, 2.45) is 0 Å². The molecule has 0 fully saturated rings. The van der Waals surface area contributed by atoms with Crippen LogP contribution in [0, 0.1) is 0 Å². The van der Waals surface area contributed by atoms with Gasteiger partial charge in [-0.3, -0.25) is 0 Å². The smallest absolute Gasteiger partial charge is 0.871 e. The summed E-state index contributed by atoms with van der Waals surface area (Å²) in [5, 5.41) is 25.1. The molecule has 0 aliphatic carbocycles. The number of rotatable bonds is 0. The Morgan fingerprint density at radius 1 is 0.812 bits per heavy atom. The molecule has 3 aromatic rings. The van der Waals surface area contributed by atoms with E-state index in [0.29, 0.717) is 27.9 Å². The van der Waals surface area contributed by atoms with E-state index in [2.05, 4.69) is 63.7 Å². The molecule has 12 heteroatoms. The van der Waals surface area contributed by atoms with Crippen LogP contribution in [-0.4, -0.2) is 5.97 Å². The number of nitrogens with two attached hydrogens (primary N) is 1. The Balaban J connectivity index is 0.00000144. The second-order valence-electron chi connectivity index (χ2n) is 6.73. The third-order valence-corrected chi connectivity index (χ3v) is 7.73. The van der Waals surface area contributed by atoms with Gasteiger partial charge in [0.2, 0.25) is 0 Å². The first-order valence-corrected chi connectivity index (χ1v) is 11.5. The number of carbonyl (C=O) groups excluding carboxylic acids is 1. The number of carbonyl (C=O) groups is 1. The van der Waals surface area contributed by atoms with E-state index in [1.165, 1.54) is 0 Å². The molecule has 0 unspecified atom stereocenters. The summed E-state index contributed by atoms with van der Waals surface area (Å²) >= 11 is 13.1. The first-order valence-electron chi connectivity index (χ1n) is 8.37. The second-order valence-corrected chi connectivity index (χ2v) is 10.0. The third kappa shape index (κ3) is 3.65. The second kappa shape index (κ2) is 9.37. The van der Waals surface area contributed by atoms with Crippen molar-refractivity contribution in [1.29, 1.82) is 0 Å². The Kier molecular flexibility index (Phi) is 7.86. The zero-order chi connectivity index (χ0) is 21.5. The molecule has 0 atom stereocenters. The molecular formula is C20H7Br4NNa2O5. The zero-order valence-electron chi connectivity index (χ0n) is 16.5. The molecule has 2 aliphatic heterocycles. The monoisotopic (exact) mass is 703 g/mol. The number of halogens is 4. The Hall–Kier alpha value is 0.250. The first-order chi connectivity index (χ1) is 14.2. The molecule has 2 aliphatic rings. The van der Waals surface area contributed by atoms with Gasteiger partial charge in [0.25, 0.3) is 0 Å². The Morgan fingerprint density at radius 2 is 1.31 bits per heavy atom. The van der Waals surface area contributed by atoms with Gasteiger partial charge in [0.1, 0.15) is 11.5 Å². The van der Waals surface area contributed by atoms with Gasteiger partial charge in [0.15, 0.2) is 5.60 Å². The van der Waals surface area contributed by atoms with Crippen LogP contribution < -0.4 is 79.8 Å². The minimum absolute atomic E-state index is 0. The fourth-order valence-corrected chi connectivity index (χ4v) is 6.23. The van der Waals surface area contributed by atoms with Crippen LogP contribution in [0.5, 0.6) is 23.0 Å². The van der Waals surface area contributed by atoms with Gasteiger partial charge in [-0.25, -0.2) is 4.79 Å². The number of hydrogen-bond donors (Lipinski definition) is 1. The maximum atomic E-state index is 12.9. The van der Waals surface area contributed by atoms with E-state index in [9.17, 15) is 15.0 Å². The van der Waals surface area contributed by atoms with Gasteiger partial charge < -0.3 is 25.4 Å². The topological polar surface area (TPSA) is 108 Å². The van der Waals surface area contributed by atoms with Crippen LogP contribution in [0.25, 0.3) is 0 Å². The predicted molar refractivity (Wildman–Crippen MR) is 119 cm³/mol. The Labute approximate surface area is 260 Å². The van der Waals surface area contributed by atoms with Crippen molar-refractivity contribution in [3.05, 3.63) is 70.5 Å². The van der Waals surface area contributed by atoms with Gasteiger partial charge in [-0.15, -0.1) is 0 Å². The molecule has 2 heterocycles. The van der Waals surface area contributed by atoms with E-state index in [1.807, 2.05) is 0 Å². The van der Waals surface area contributed by atoms with E-state index >= 15 is 0 Å². The van der Waals surface area contributed by atoms with Crippen molar-refractivity contribution in [3.63, 3.8) is 0 Å². The van der Waals surface area contributed by atoms with Crippen molar-refractivity contribution >= 4 is 75.4 Å². The molecular weight excluding hydrogens is 700 g/mol. The molecule has 152 valence electrons. The van der Waals surface area contributed by atoms with Crippen LogP contribution in [0.4, 0.5) is 5.69 Å². The predicted octanol–water partition coefficient (Wildman–Crippen LogP) is -0.958. The average Bonchev–Trinajstić information content (AvgIpc) is 2.99. The molecule has 3 aromatic carbocycles. The average molecular weight is 707 g/mol. The molecule has 2 N–H and O–H groups in total. The van der Waals surface area contributed by atoms with Gasteiger partial charge in [0, 0.05) is 31.3 Å². The quantitative estimate of drug-likeness (QED) is 0.184. The molecule has 0 aromatic heterocycles. The molecule has 1 spiro atoms. The van der Waals surface area contributed by atoms with Crippen LogP contribution in [0.3, 0.4) is 0 Å². The van der Waals surface area contributed by atoms with Crippen molar-refractivity contribution < 1.29 is 83.6 Å². The first kappa shape index (κ1) is 26.8. The van der Waals surface area contributed by atoms with Crippen LogP contribution in [0.2, 0.25) is 0 Å². The number of nitrogen functional groups attached to an aromatic ring is 1. The van der Waals surface area contributed by atoms with E-state index < -0.39 is 11.6 Å². The standard InChI is InChI=1S/C20H9Br4NO5.2Na/c21-11-4-9-17(13(23)15(11)26)29-18-10(5-12(22)16(27)14(18)24)20(9)8-2-1-6(25)3-7(8)19(28)30-20;;/h1-5,26-27H,25H2;;/q;2*+1/p-2. The molecule has 6 nitrogen and oxygen atoms in total. The molecule has 0 saturated heterocycles. The summed E-state index contributed by atoms with van der Waals surface area (Å²) in [6.07, 6.45) is 0. The van der Waals surface area contributed by atoms with Gasteiger partial charge >= 0.3 is 65.1 Å². The normalized spacial score (nSPS) is 14.3. The maximum Gasteiger partial charge on any atom is 1.00 e. The number of ether oxygens (including phenoxy) is 2. The summed E-state index contributed by atoms with van der Waals surface area (Å²) in [5.74, 6) is -0.936. The third-order valence-electron chi connectivity index (χ3n) is 5.11. The van der Waals surface area contributed by atoms with Crippen LogP contribution in [-0.2, 0) is 10.3 Å². The van der Waals surface area contributed by atoms with Crippen LogP contribution in [0.1, 0.15) is 27.0 Å². The van der Waals surface area contributed by atoms with E-state index in [-0.39, 0.29) is 100 Å². The van der Waals surface area contributed by atoms with Crippen LogP contribution >= 0.6 is 63.7 Å². The van der Waals surface area contributed by atoms with E-state index in [1.54, 1.807) is 30.3 Å². The number of fused-ring (bicyclic) bond motifs is 6. The molecule has 32 heavy (non-hydrogen) atoms. The molecule has 0 saturated carbocycles. The van der Waals surface area contributed by atoms with Gasteiger partial charge in [-0.05, 0) is 56.1 Å². The molecule has 0 amide bonds. The summed E-state index contributed by atoms with van der Waals surface area (Å²) in [6.45, 7) is 0. The van der Waals surface area contributed by atoms with Gasteiger partial charge in [0.05, 0.1) is 14.5 Å². The van der Waals surface area contributed by atoms with Crippen molar-refractivity contribution in [3.8, 4) is 23.0 Å². The van der Waals surface area contributed by atoms with E-state index in [0.717, 1.165) is 0 Å². The number of benzene rings is 3. The molecule has 0 bridgehead atoms. The Bertz CT molecular complexity index is 1250. The zero-order valence-corrected chi connectivity index (χ0v) is 26.9. The van der Waals surface area contributed by atoms with E-state index in [4.69, 9.17) is 15.2 Å². The van der Waals surface area contributed by atoms with Gasteiger partial charge in [-0.1, -0.05) is 49.4 Å². The van der Waals surface area contributed by atoms with Crippen molar-refractivity contribution in [2.45, 2.75) is 5.60 Å².